The molecular formula is C56H32O2. The highest BCUT2D eigenvalue weighted by atomic mass is 16.3. The van der Waals surface area contributed by atoms with Gasteiger partial charge >= 0.3 is 0 Å². The maximum Gasteiger partial charge on any atom is 0.147 e. The predicted molar refractivity (Wildman–Crippen MR) is 245 cm³/mol. The smallest absolute Gasteiger partial charge is 0.147 e. The molecule has 2 heteroatoms. The molecule has 58 heavy (non-hydrogen) atoms. The lowest BCUT2D eigenvalue weighted by atomic mass is 9.84. The van der Waals surface area contributed by atoms with Gasteiger partial charge in [-0.1, -0.05) is 164 Å². The molecule has 2 heterocycles. The van der Waals surface area contributed by atoms with Crippen molar-refractivity contribution in [1.29, 1.82) is 0 Å². The van der Waals surface area contributed by atoms with E-state index in [-0.39, 0.29) is 0 Å². The van der Waals surface area contributed by atoms with Crippen molar-refractivity contribution in [3.8, 4) is 33.4 Å². The Morgan fingerprint density at radius 1 is 0.259 bits per heavy atom. The van der Waals surface area contributed by atoms with Crippen molar-refractivity contribution < 1.29 is 8.83 Å². The van der Waals surface area contributed by atoms with Crippen LogP contribution in [-0.4, -0.2) is 0 Å². The molecule has 2 aromatic heterocycles. The Morgan fingerprint density at radius 3 is 1.53 bits per heavy atom. The number of fused-ring (bicyclic) bond motifs is 14. The van der Waals surface area contributed by atoms with Crippen LogP contribution in [-0.2, 0) is 0 Å². The summed E-state index contributed by atoms with van der Waals surface area (Å²) >= 11 is 0. The van der Waals surface area contributed by atoms with Gasteiger partial charge in [0, 0.05) is 21.5 Å². The molecule has 2 nitrogen and oxygen atoms in total. The minimum atomic E-state index is 0.853. The molecule has 11 aromatic carbocycles. The van der Waals surface area contributed by atoms with Gasteiger partial charge in [0.15, 0.2) is 0 Å². The largest absolute Gasteiger partial charge is 0.455 e. The Hall–Kier alpha value is -7.68. The Labute approximate surface area is 332 Å². The monoisotopic (exact) mass is 736 g/mol. The average Bonchev–Trinajstić information content (AvgIpc) is 3.87. The number of benzene rings is 11. The van der Waals surface area contributed by atoms with Crippen LogP contribution >= 0.6 is 0 Å². The second-order valence-electron chi connectivity index (χ2n) is 15.5. The summed E-state index contributed by atoms with van der Waals surface area (Å²) in [6.45, 7) is 0. The van der Waals surface area contributed by atoms with Gasteiger partial charge in [-0.3, -0.25) is 0 Å². The molecule has 0 saturated carbocycles. The zero-order chi connectivity index (χ0) is 37.9. The lowest BCUT2D eigenvalue weighted by Gasteiger charge is -2.19. The normalized spacial score (nSPS) is 12.1. The van der Waals surface area contributed by atoms with Crippen LogP contribution in [0.3, 0.4) is 0 Å². The van der Waals surface area contributed by atoms with Gasteiger partial charge in [0.2, 0.25) is 0 Å². The van der Waals surface area contributed by atoms with Crippen molar-refractivity contribution in [2.24, 2.45) is 0 Å². The van der Waals surface area contributed by atoms with Crippen molar-refractivity contribution in [1.82, 2.24) is 0 Å². The molecular weight excluding hydrogens is 705 g/mol. The molecule has 0 aliphatic rings. The fourth-order valence-electron chi connectivity index (χ4n) is 9.83. The SMILES string of the molecule is c1ccc2c(-c3c4ccccc4c(-c4ccc5cc(-c6ccc7c(c6)oc6c8ccccc8c8c9ccccc9oc8c76)ccc5c4)c4ccccc34)cccc2c1. The van der Waals surface area contributed by atoms with Gasteiger partial charge in [-0.15, -0.1) is 0 Å². The van der Waals surface area contributed by atoms with Gasteiger partial charge in [0.1, 0.15) is 22.3 Å². The van der Waals surface area contributed by atoms with E-state index in [0.717, 1.165) is 65.8 Å². The summed E-state index contributed by atoms with van der Waals surface area (Å²) in [5.74, 6) is 0. The molecule has 0 bridgehead atoms. The van der Waals surface area contributed by atoms with Crippen molar-refractivity contribution >= 4 is 97.7 Å². The lowest BCUT2D eigenvalue weighted by molar-refractivity contribution is 0.665. The van der Waals surface area contributed by atoms with E-state index in [2.05, 4.69) is 182 Å². The van der Waals surface area contributed by atoms with Gasteiger partial charge in [-0.05, 0) is 112 Å². The maximum atomic E-state index is 6.75. The topological polar surface area (TPSA) is 26.3 Å². The number of rotatable bonds is 3. The summed E-state index contributed by atoms with van der Waals surface area (Å²) in [6.07, 6.45) is 0. The van der Waals surface area contributed by atoms with Gasteiger partial charge in [-0.2, -0.15) is 0 Å². The molecule has 0 spiro atoms. The molecule has 13 rings (SSSR count). The number of hydrogen-bond acceptors (Lipinski definition) is 2. The minimum Gasteiger partial charge on any atom is -0.455 e. The van der Waals surface area contributed by atoms with Crippen LogP contribution in [0, 0.1) is 0 Å². The average molecular weight is 737 g/mol. The Morgan fingerprint density at radius 2 is 0.776 bits per heavy atom. The van der Waals surface area contributed by atoms with Crippen LogP contribution < -0.4 is 0 Å². The molecule has 0 unspecified atom stereocenters. The van der Waals surface area contributed by atoms with E-state index in [1.807, 2.05) is 12.1 Å². The summed E-state index contributed by atoms with van der Waals surface area (Å²) in [4.78, 5) is 0. The molecule has 0 atom stereocenters. The summed E-state index contributed by atoms with van der Waals surface area (Å²) in [5.41, 5.74) is 10.8. The van der Waals surface area contributed by atoms with Crippen LogP contribution in [0.4, 0.5) is 0 Å². The maximum absolute atomic E-state index is 6.75. The third kappa shape index (κ3) is 4.43. The summed E-state index contributed by atoms with van der Waals surface area (Å²) in [5, 5.41) is 16.6. The van der Waals surface area contributed by atoms with E-state index in [1.165, 1.54) is 65.3 Å². The van der Waals surface area contributed by atoms with E-state index < -0.39 is 0 Å². The molecule has 0 fully saturated rings. The molecule has 0 saturated heterocycles. The van der Waals surface area contributed by atoms with E-state index in [0.29, 0.717) is 0 Å². The number of hydrogen-bond donors (Lipinski definition) is 0. The van der Waals surface area contributed by atoms with Crippen molar-refractivity contribution in [2.75, 3.05) is 0 Å². The first-order valence-corrected chi connectivity index (χ1v) is 19.9. The number of para-hydroxylation sites is 1. The molecule has 13 aromatic rings. The van der Waals surface area contributed by atoms with Gasteiger partial charge < -0.3 is 8.83 Å². The Kier molecular flexibility index (Phi) is 6.47. The van der Waals surface area contributed by atoms with Crippen molar-refractivity contribution in [3.63, 3.8) is 0 Å². The van der Waals surface area contributed by atoms with Crippen LogP contribution in [0.1, 0.15) is 0 Å². The minimum absolute atomic E-state index is 0.853. The predicted octanol–water partition coefficient (Wildman–Crippen LogP) is 16.3. The van der Waals surface area contributed by atoms with Gasteiger partial charge in [-0.25, -0.2) is 0 Å². The third-order valence-corrected chi connectivity index (χ3v) is 12.4. The zero-order valence-corrected chi connectivity index (χ0v) is 31.3. The van der Waals surface area contributed by atoms with Crippen LogP contribution in [0.15, 0.2) is 203 Å². The summed E-state index contributed by atoms with van der Waals surface area (Å²) in [6, 6.07) is 70.3. The first-order chi connectivity index (χ1) is 28.8. The highest BCUT2D eigenvalue weighted by molar-refractivity contribution is 6.33. The number of furan rings is 2. The van der Waals surface area contributed by atoms with E-state index in [9.17, 15) is 0 Å². The highest BCUT2D eigenvalue weighted by Gasteiger charge is 2.22. The fourth-order valence-corrected chi connectivity index (χ4v) is 9.83. The van der Waals surface area contributed by atoms with Crippen LogP contribution in [0.5, 0.6) is 0 Å². The van der Waals surface area contributed by atoms with E-state index in [4.69, 9.17) is 8.83 Å². The van der Waals surface area contributed by atoms with Crippen LogP contribution in [0.25, 0.3) is 131 Å². The lowest BCUT2D eigenvalue weighted by Crippen LogP contribution is -1.91. The van der Waals surface area contributed by atoms with Crippen LogP contribution in [0.2, 0.25) is 0 Å². The molecule has 0 aliphatic carbocycles. The first-order valence-electron chi connectivity index (χ1n) is 19.9. The van der Waals surface area contributed by atoms with Gasteiger partial charge in [0.05, 0.1) is 5.39 Å². The second-order valence-corrected chi connectivity index (χ2v) is 15.5. The molecule has 0 radical (unpaired) electrons. The Balaban J connectivity index is 0.959. The molecule has 0 aliphatic heterocycles. The third-order valence-electron chi connectivity index (χ3n) is 12.4. The summed E-state index contributed by atoms with van der Waals surface area (Å²) in [7, 11) is 0. The molecule has 268 valence electrons. The molecule has 0 amide bonds. The Bertz CT molecular complexity index is 3800. The van der Waals surface area contributed by atoms with E-state index in [1.54, 1.807) is 0 Å². The van der Waals surface area contributed by atoms with E-state index >= 15 is 0 Å². The van der Waals surface area contributed by atoms with Gasteiger partial charge in [0.25, 0.3) is 0 Å². The fraction of sp³-hybridized carbons (Fsp3) is 0. The standard InChI is InChI=1S/C56H32O2/c1-2-14-39-33(12-1)13-11-22-40(39)52-43-17-5-3-15-41(43)51(42-16-4-6-18-44(42)52)38-27-26-34-30-35(24-25-36(34)31-38)37-28-29-48-50(32-37)58-55-46-20-8-7-19-45(46)53-47-21-9-10-23-49(47)57-56(53)54(48)55/h1-32H. The van der Waals surface area contributed by atoms with Crippen molar-refractivity contribution in [2.45, 2.75) is 0 Å². The quantitative estimate of drug-likeness (QED) is 0.169. The van der Waals surface area contributed by atoms with Crippen molar-refractivity contribution in [3.05, 3.63) is 194 Å². The first kappa shape index (κ1) is 31.5. The molecule has 0 N–H and O–H groups in total. The second kappa shape index (κ2) is 11.9. The highest BCUT2D eigenvalue weighted by Crippen LogP contribution is 2.47. The zero-order valence-electron chi connectivity index (χ0n) is 31.3. The summed E-state index contributed by atoms with van der Waals surface area (Å²) < 4.78 is 13.3.